The summed E-state index contributed by atoms with van der Waals surface area (Å²) in [7, 11) is 0. The number of hydrogen-bond acceptors (Lipinski definition) is 4. The average Bonchev–Trinajstić information content (AvgIpc) is 2.94. The molecule has 1 saturated heterocycles. The summed E-state index contributed by atoms with van der Waals surface area (Å²) in [5.41, 5.74) is 6.72. The minimum atomic E-state index is -0.359. The molecular weight excluding hydrogens is 318 g/mol. The molecule has 1 aliphatic carbocycles. The Balaban J connectivity index is 1.69. The Hall–Kier alpha value is -2.21. The highest BCUT2D eigenvalue weighted by molar-refractivity contribution is 5.97. The molecule has 3 atom stereocenters. The molecule has 6 nitrogen and oxygen atoms in total. The van der Waals surface area contributed by atoms with Gasteiger partial charge in [-0.05, 0) is 44.2 Å². The summed E-state index contributed by atoms with van der Waals surface area (Å²) in [6.07, 6.45) is 5.19. The highest BCUT2D eigenvalue weighted by Gasteiger charge is 2.44. The number of nitrogens with one attached hydrogen (secondary N) is 1. The van der Waals surface area contributed by atoms with Crippen molar-refractivity contribution < 1.29 is 14.4 Å². The van der Waals surface area contributed by atoms with Crippen LogP contribution in [0.3, 0.4) is 0 Å². The van der Waals surface area contributed by atoms with E-state index in [0.29, 0.717) is 17.2 Å². The normalized spacial score (nSPS) is 26.0. The lowest BCUT2D eigenvalue weighted by Gasteiger charge is -2.32. The van der Waals surface area contributed by atoms with Crippen LogP contribution >= 0.6 is 0 Å². The van der Waals surface area contributed by atoms with Crippen molar-refractivity contribution in [1.82, 2.24) is 4.90 Å². The van der Waals surface area contributed by atoms with Gasteiger partial charge < -0.3 is 11.1 Å². The molecule has 0 radical (unpaired) electrons. The van der Waals surface area contributed by atoms with Crippen molar-refractivity contribution in [3.05, 3.63) is 29.8 Å². The third-order valence-corrected chi connectivity index (χ3v) is 5.43. The molecule has 0 bridgehead atoms. The molecule has 6 heteroatoms. The SMILES string of the molecule is CC(=O)c1cccc(NC(=O)CN2[C@H](C(N)=O)C[C@H]3CCCC[C@@H]32)c1. The molecule has 1 aromatic rings. The van der Waals surface area contributed by atoms with Crippen molar-refractivity contribution in [1.29, 1.82) is 0 Å². The van der Waals surface area contributed by atoms with Gasteiger partial charge in [-0.1, -0.05) is 25.0 Å². The van der Waals surface area contributed by atoms with E-state index in [4.69, 9.17) is 5.73 Å². The van der Waals surface area contributed by atoms with Gasteiger partial charge in [0.1, 0.15) is 0 Å². The standard InChI is InChI=1S/C19H25N3O3/c1-12(23)13-6-4-7-15(9-13)21-18(24)11-22-16-8-3-2-5-14(16)10-17(22)19(20)25/h4,6-7,9,14,16-17H,2-3,5,8,10-11H2,1H3,(H2,20,25)(H,21,24)/t14-,16+,17+/m1/s1. The number of hydrogen-bond donors (Lipinski definition) is 2. The second kappa shape index (κ2) is 7.35. The number of ketones is 1. The summed E-state index contributed by atoms with van der Waals surface area (Å²) in [6.45, 7) is 1.64. The van der Waals surface area contributed by atoms with E-state index in [1.54, 1.807) is 24.3 Å². The minimum absolute atomic E-state index is 0.0468. The van der Waals surface area contributed by atoms with Crippen molar-refractivity contribution in [3.63, 3.8) is 0 Å². The van der Waals surface area contributed by atoms with Gasteiger partial charge in [0.25, 0.3) is 0 Å². The number of carbonyl (C=O) groups excluding carboxylic acids is 3. The van der Waals surface area contributed by atoms with Crippen LogP contribution in [0.25, 0.3) is 0 Å². The predicted molar refractivity (Wildman–Crippen MR) is 95.1 cm³/mol. The summed E-state index contributed by atoms with van der Waals surface area (Å²) in [6, 6.07) is 6.78. The lowest BCUT2D eigenvalue weighted by atomic mass is 9.84. The summed E-state index contributed by atoms with van der Waals surface area (Å²) < 4.78 is 0. The highest BCUT2D eigenvalue weighted by atomic mass is 16.2. The second-order valence-corrected chi connectivity index (χ2v) is 7.12. The number of rotatable bonds is 5. The zero-order valence-corrected chi connectivity index (χ0v) is 14.5. The number of benzene rings is 1. The number of anilines is 1. The number of amides is 2. The minimum Gasteiger partial charge on any atom is -0.368 e. The number of fused-ring (bicyclic) bond motifs is 1. The third kappa shape index (κ3) is 3.90. The van der Waals surface area contributed by atoms with Gasteiger partial charge in [0.15, 0.2) is 5.78 Å². The Kier molecular flexibility index (Phi) is 5.18. The van der Waals surface area contributed by atoms with E-state index >= 15 is 0 Å². The van der Waals surface area contributed by atoms with Crippen LogP contribution in [0.2, 0.25) is 0 Å². The van der Waals surface area contributed by atoms with Crippen LogP contribution < -0.4 is 11.1 Å². The van der Waals surface area contributed by atoms with Crippen LogP contribution in [0.15, 0.2) is 24.3 Å². The fourth-order valence-electron chi connectivity index (χ4n) is 4.24. The first-order valence-corrected chi connectivity index (χ1v) is 8.91. The van der Waals surface area contributed by atoms with Crippen LogP contribution in [0.5, 0.6) is 0 Å². The van der Waals surface area contributed by atoms with Crippen LogP contribution in [0.4, 0.5) is 5.69 Å². The van der Waals surface area contributed by atoms with Crippen molar-refractivity contribution in [2.75, 3.05) is 11.9 Å². The van der Waals surface area contributed by atoms with Crippen LogP contribution in [0.1, 0.15) is 49.4 Å². The highest BCUT2D eigenvalue weighted by Crippen LogP contribution is 2.39. The zero-order chi connectivity index (χ0) is 18.0. The number of Topliss-reactive ketones (excluding diaryl/α,β-unsaturated/α-hetero) is 1. The quantitative estimate of drug-likeness (QED) is 0.799. The molecule has 1 heterocycles. The number of carbonyl (C=O) groups is 3. The van der Waals surface area contributed by atoms with Crippen LogP contribution in [-0.4, -0.2) is 41.1 Å². The van der Waals surface area contributed by atoms with Crippen molar-refractivity contribution in [2.24, 2.45) is 11.7 Å². The Morgan fingerprint density at radius 1 is 1.24 bits per heavy atom. The molecule has 134 valence electrons. The Labute approximate surface area is 147 Å². The van der Waals surface area contributed by atoms with Crippen LogP contribution in [-0.2, 0) is 9.59 Å². The summed E-state index contributed by atoms with van der Waals surface area (Å²) >= 11 is 0. The smallest absolute Gasteiger partial charge is 0.238 e. The van der Waals surface area contributed by atoms with E-state index in [1.807, 2.05) is 4.90 Å². The largest absolute Gasteiger partial charge is 0.368 e. The molecule has 0 aromatic heterocycles. The third-order valence-electron chi connectivity index (χ3n) is 5.43. The van der Waals surface area contributed by atoms with Crippen molar-refractivity contribution in [3.8, 4) is 0 Å². The van der Waals surface area contributed by atoms with E-state index in [-0.39, 0.29) is 36.2 Å². The topological polar surface area (TPSA) is 92.5 Å². The average molecular weight is 343 g/mol. The number of nitrogens with two attached hydrogens (primary N) is 1. The lowest BCUT2D eigenvalue weighted by molar-refractivity contribution is -0.124. The Morgan fingerprint density at radius 3 is 2.72 bits per heavy atom. The molecule has 3 N–H and O–H groups in total. The van der Waals surface area contributed by atoms with Gasteiger partial charge in [0, 0.05) is 17.3 Å². The zero-order valence-electron chi connectivity index (χ0n) is 14.5. The molecule has 0 unspecified atom stereocenters. The fraction of sp³-hybridized carbons (Fsp3) is 0.526. The molecular formula is C19H25N3O3. The monoisotopic (exact) mass is 343 g/mol. The maximum atomic E-state index is 12.5. The van der Waals surface area contributed by atoms with Crippen molar-refractivity contribution >= 4 is 23.3 Å². The van der Waals surface area contributed by atoms with Gasteiger partial charge in [0.05, 0.1) is 12.6 Å². The molecule has 0 spiro atoms. The first-order chi connectivity index (χ1) is 12.0. The number of primary amides is 1. The van der Waals surface area contributed by atoms with E-state index in [2.05, 4.69) is 5.32 Å². The van der Waals surface area contributed by atoms with Gasteiger partial charge in [-0.15, -0.1) is 0 Å². The molecule has 1 aromatic carbocycles. The molecule has 25 heavy (non-hydrogen) atoms. The maximum absolute atomic E-state index is 12.5. The predicted octanol–water partition coefficient (Wildman–Crippen LogP) is 1.95. The first kappa shape index (κ1) is 17.6. The number of nitrogens with zero attached hydrogens (tertiary/aromatic N) is 1. The lowest BCUT2D eigenvalue weighted by Crippen LogP contribution is -2.48. The molecule has 2 aliphatic rings. The molecule has 2 amide bonds. The van der Waals surface area contributed by atoms with E-state index in [1.165, 1.54) is 13.3 Å². The summed E-state index contributed by atoms with van der Waals surface area (Å²) in [5.74, 6) is -0.117. The second-order valence-electron chi connectivity index (χ2n) is 7.12. The number of likely N-dealkylation sites (tertiary alicyclic amines) is 1. The van der Waals surface area contributed by atoms with Gasteiger partial charge in [-0.2, -0.15) is 0 Å². The molecule has 2 fully saturated rings. The van der Waals surface area contributed by atoms with Gasteiger partial charge in [0.2, 0.25) is 11.8 Å². The van der Waals surface area contributed by atoms with Gasteiger partial charge in [-0.25, -0.2) is 0 Å². The Bertz CT molecular complexity index is 688. The summed E-state index contributed by atoms with van der Waals surface area (Å²) in [4.78, 5) is 37.8. The van der Waals surface area contributed by atoms with E-state index in [0.717, 1.165) is 25.7 Å². The molecule has 3 rings (SSSR count). The maximum Gasteiger partial charge on any atom is 0.238 e. The fourth-order valence-corrected chi connectivity index (χ4v) is 4.24. The first-order valence-electron chi connectivity index (χ1n) is 8.91. The van der Waals surface area contributed by atoms with E-state index in [9.17, 15) is 14.4 Å². The molecule has 1 saturated carbocycles. The molecule has 1 aliphatic heterocycles. The van der Waals surface area contributed by atoms with Gasteiger partial charge in [-0.3, -0.25) is 19.3 Å². The van der Waals surface area contributed by atoms with Gasteiger partial charge >= 0.3 is 0 Å². The van der Waals surface area contributed by atoms with Crippen LogP contribution in [0, 0.1) is 5.92 Å². The Morgan fingerprint density at radius 2 is 2.00 bits per heavy atom. The summed E-state index contributed by atoms with van der Waals surface area (Å²) in [5, 5.41) is 2.83. The van der Waals surface area contributed by atoms with Crippen molar-refractivity contribution in [2.45, 2.75) is 51.1 Å². The van der Waals surface area contributed by atoms with E-state index < -0.39 is 0 Å².